The van der Waals surface area contributed by atoms with Gasteiger partial charge < -0.3 is 4.57 Å². The average Bonchev–Trinajstić information content (AvgIpc) is 2.66. The van der Waals surface area contributed by atoms with Crippen LogP contribution in [-0.4, -0.2) is 32.9 Å². The molecule has 1 fully saturated rings. The van der Waals surface area contributed by atoms with Crippen molar-refractivity contribution in [3.8, 4) is 0 Å². The molecular weight excluding hydrogens is 362 g/mol. The Morgan fingerprint density at radius 1 is 1.26 bits per heavy atom. The normalized spacial score (nSPS) is 18.1. The first kappa shape index (κ1) is 17.4. The summed E-state index contributed by atoms with van der Waals surface area (Å²) in [5.74, 6) is -1.13. The molecule has 7 heteroatoms. The van der Waals surface area contributed by atoms with E-state index < -0.39 is 11.8 Å². The minimum absolute atomic E-state index is 0.0389. The molecule has 3 heterocycles. The van der Waals surface area contributed by atoms with E-state index in [1.807, 2.05) is 18.2 Å². The fourth-order valence-electron chi connectivity index (χ4n) is 3.63. The highest BCUT2D eigenvalue weighted by Crippen LogP contribution is 2.25. The van der Waals surface area contributed by atoms with Crippen molar-refractivity contribution in [3.05, 3.63) is 64.0 Å². The van der Waals surface area contributed by atoms with Gasteiger partial charge in [-0.05, 0) is 48.2 Å². The predicted octanol–water partition coefficient (Wildman–Crippen LogP) is 1.76. The minimum Gasteiger partial charge on any atom is -0.307 e. The number of benzene rings is 1. The molecule has 6 nitrogen and oxygen atoms in total. The summed E-state index contributed by atoms with van der Waals surface area (Å²) < 4.78 is 1.73. The van der Waals surface area contributed by atoms with Crippen LogP contribution in [0.5, 0.6) is 0 Å². The Labute approximate surface area is 160 Å². The van der Waals surface area contributed by atoms with E-state index in [2.05, 4.69) is 11.9 Å². The van der Waals surface area contributed by atoms with E-state index in [1.54, 1.807) is 10.6 Å². The summed E-state index contributed by atoms with van der Waals surface area (Å²) in [6, 6.07) is 7.66. The maximum absolute atomic E-state index is 13.0. The molecule has 1 aromatic heterocycles. The van der Waals surface area contributed by atoms with Gasteiger partial charge in [0, 0.05) is 18.7 Å². The van der Waals surface area contributed by atoms with Crippen molar-refractivity contribution in [2.24, 2.45) is 0 Å². The number of aromatic nitrogens is 1. The van der Waals surface area contributed by atoms with Crippen LogP contribution in [0.2, 0.25) is 0 Å². The van der Waals surface area contributed by atoms with Crippen LogP contribution in [0.25, 0.3) is 17.0 Å². The number of thiocarbonyl (C=S) groups is 1. The molecule has 0 spiro atoms. The van der Waals surface area contributed by atoms with Gasteiger partial charge in [0.2, 0.25) is 0 Å². The lowest BCUT2D eigenvalue weighted by Gasteiger charge is -2.27. The van der Waals surface area contributed by atoms with E-state index in [1.165, 1.54) is 17.1 Å². The highest BCUT2D eigenvalue weighted by molar-refractivity contribution is 7.80. The third-order valence-corrected chi connectivity index (χ3v) is 5.17. The third-order valence-electron chi connectivity index (χ3n) is 4.85. The Hall–Kier alpha value is -3.06. The van der Waals surface area contributed by atoms with Gasteiger partial charge in [0.15, 0.2) is 5.11 Å². The van der Waals surface area contributed by atoms with E-state index in [0.29, 0.717) is 12.1 Å². The molecule has 2 amide bonds. The van der Waals surface area contributed by atoms with E-state index in [0.717, 1.165) is 29.3 Å². The highest BCUT2D eigenvalue weighted by atomic mass is 32.1. The van der Waals surface area contributed by atoms with Crippen molar-refractivity contribution in [1.29, 1.82) is 0 Å². The molecule has 1 aromatic carbocycles. The van der Waals surface area contributed by atoms with E-state index >= 15 is 0 Å². The molecule has 2 aliphatic rings. The number of para-hydroxylation sites is 1. The monoisotopic (exact) mass is 379 g/mol. The van der Waals surface area contributed by atoms with Gasteiger partial charge in [-0.25, -0.2) is 0 Å². The fourth-order valence-corrected chi connectivity index (χ4v) is 3.88. The summed E-state index contributed by atoms with van der Waals surface area (Å²) in [5, 5.41) is 3.45. The largest absolute Gasteiger partial charge is 0.307 e. The molecule has 0 atom stereocenters. The Morgan fingerprint density at radius 2 is 2.07 bits per heavy atom. The van der Waals surface area contributed by atoms with Gasteiger partial charge in [-0.2, -0.15) is 0 Å². The van der Waals surface area contributed by atoms with Crippen LogP contribution in [0.15, 0.2) is 47.3 Å². The molecule has 2 aromatic rings. The second-order valence-corrected chi connectivity index (χ2v) is 6.92. The second kappa shape index (κ2) is 6.59. The number of hydrogen-bond acceptors (Lipinski definition) is 4. The summed E-state index contributed by atoms with van der Waals surface area (Å²) in [5.41, 5.74) is 2.08. The zero-order valence-electron chi connectivity index (χ0n) is 14.5. The Morgan fingerprint density at radius 3 is 2.85 bits per heavy atom. The van der Waals surface area contributed by atoms with Gasteiger partial charge in [-0.15, -0.1) is 6.58 Å². The Bertz CT molecular complexity index is 1110. The van der Waals surface area contributed by atoms with Crippen LogP contribution in [0.4, 0.5) is 0 Å². The van der Waals surface area contributed by atoms with Gasteiger partial charge in [0.05, 0.1) is 5.52 Å². The molecule has 1 saturated heterocycles. The fraction of sp³-hybridized carbons (Fsp3) is 0.200. The van der Waals surface area contributed by atoms with Crippen molar-refractivity contribution >= 4 is 46.1 Å². The number of amides is 2. The first-order valence-electron chi connectivity index (χ1n) is 8.66. The molecule has 0 aliphatic carbocycles. The summed E-state index contributed by atoms with van der Waals surface area (Å²) in [4.78, 5) is 39.2. The van der Waals surface area contributed by atoms with E-state index in [9.17, 15) is 14.4 Å². The summed E-state index contributed by atoms with van der Waals surface area (Å²) in [6.07, 6.45) is 4.71. The molecular formula is C20H17N3O3S. The molecule has 1 N–H and O–H groups in total. The number of hydrogen-bond donors (Lipinski definition) is 1. The second-order valence-electron chi connectivity index (χ2n) is 6.54. The zero-order valence-corrected chi connectivity index (χ0v) is 15.3. The number of nitrogens with one attached hydrogen (secondary N) is 1. The lowest BCUT2D eigenvalue weighted by molar-refractivity contribution is -0.128. The van der Waals surface area contributed by atoms with Crippen molar-refractivity contribution in [3.63, 3.8) is 0 Å². The third kappa shape index (κ3) is 2.80. The smallest absolute Gasteiger partial charge is 0.265 e. The molecule has 4 rings (SSSR count). The predicted molar refractivity (Wildman–Crippen MR) is 107 cm³/mol. The van der Waals surface area contributed by atoms with Gasteiger partial charge in [-0.3, -0.25) is 24.6 Å². The first-order chi connectivity index (χ1) is 13.0. The highest BCUT2D eigenvalue weighted by Gasteiger charge is 2.33. The van der Waals surface area contributed by atoms with Crippen LogP contribution in [0, 0.1) is 0 Å². The van der Waals surface area contributed by atoms with Gasteiger partial charge >= 0.3 is 0 Å². The quantitative estimate of drug-likeness (QED) is 0.382. The zero-order chi connectivity index (χ0) is 19.1. The maximum Gasteiger partial charge on any atom is 0.265 e. The molecule has 2 aliphatic heterocycles. The van der Waals surface area contributed by atoms with Crippen LogP contribution < -0.4 is 10.9 Å². The Kier molecular flexibility index (Phi) is 4.24. The van der Waals surface area contributed by atoms with Crippen molar-refractivity contribution < 1.29 is 9.59 Å². The SMILES string of the molecule is C=CCN1C(=O)C(=Cc2cc3cccc4c3n(c2=O)CCC4)C(=O)NC1=S. The van der Waals surface area contributed by atoms with Crippen LogP contribution in [0.3, 0.4) is 0 Å². The maximum atomic E-state index is 13.0. The number of carbonyl (C=O) groups excluding carboxylic acids is 2. The average molecular weight is 379 g/mol. The number of rotatable bonds is 3. The lowest BCUT2D eigenvalue weighted by atomic mass is 9.99. The summed E-state index contributed by atoms with van der Waals surface area (Å²) >= 11 is 5.05. The molecule has 27 heavy (non-hydrogen) atoms. The van der Waals surface area contributed by atoms with Crippen LogP contribution >= 0.6 is 12.2 Å². The summed E-state index contributed by atoms with van der Waals surface area (Å²) in [7, 11) is 0. The Balaban J connectivity index is 1.88. The van der Waals surface area contributed by atoms with Crippen molar-refractivity contribution in [2.75, 3.05) is 6.54 Å². The minimum atomic E-state index is -0.600. The van der Waals surface area contributed by atoms with Crippen molar-refractivity contribution in [1.82, 2.24) is 14.8 Å². The van der Waals surface area contributed by atoms with Crippen LogP contribution in [0.1, 0.15) is 17.5 Å². The van der Waals surface area contributed by atoms with Crippen LogP contribution in [-0.2, 0) is 22.6 Å². The van der Waals surface area contributed by atoms with Gasteiger partial charge in [0.1, 0.15) is 5.57 Å². The van der Waals surface area contributed by atoms with E-state index in [-0.39, 0.29) is 22.8 Å². The van der Waals surface area contributed by atoms with Gasteiger partial charge in [-0.1, -0.05) is 24.3 Å². The van der Waals surface area contributed by atoms with Crippen molar-refractivity contribution in [2.45, 2.75) is 19.4 Å². The molecule has 0 bridgehead atoms. The number of carbonyl (C=O) groups is 2. The topological polar surface area (TPSA) is 71.4 Å². The van der Waals surface area contributed by atoms with E-state index in [4.69, 9.17) is 12.2 Å². The first-order valence-corrected chi connectivity index (χ1v) is 9.07. The molecule has 0 saturated carbocycles. The molecule has 136 valence electrons. The van der Waals surface area contributed by atoms with Gasteiger partial charge in [0.25, 0.3) is 17.4 Å². The lowest BCUT2D eigenvalue weighted by Crippen LogP contribution is -2.53. The standard InChI is InChI=1S/C20H17N3O3S/c1-2-8-23-19(26)15(17(24)21-20(23)27)11-14-10-13-6-3-5-12-7-4-9-22(16(12)13)18(14)25/h2-3,5-6,10-11H,1,4,7-9H2,(H,21,24,27). The molecule has 0 radical (unpaired) electrons. The number of nitrogens with zero attached hydrogens (tertiary/aromatic N) is 2. The molecule has 0 unspecified atom stereocenters. The summed E-state index contributed by atoms with van der Waals surface area (Å²) in [6.45, 7) is 4.40. The number of pyridine rings is 1. The number of aryl methyl sites for hydroxylation is 2.